The van der Waals surface area contributed by atoms with E-state index in [2.05, 4.69) is 5.32 Å². The van der Waals surface area contributed by atoms with Crippen molar-refractivity contribution in [2.45, 2.75) is 13.5 Å². The van der Waals surface area contributed by atoms with Crippen LogP contribution in [0.15, 0.2) is 54.7 Å². The van der Waals surface area contributed by atoms with Crippen LogP contribution in [0.4, 0.5) is 5.69 Å². The number of carbonyl (C=O) groups excluding carboxylic acids is 2. The van der Waals surface area contributed by atoms with Crippen molar-refractivity contribution in [1.29, 1.82) is 0 Å². The number of aromatic nitrogens is 1. The molecule has 0 aliphatic carbocycles. The summed E-state index contributed by atoms with van der Waals surface area (Å²) in [7, 11) is 1.60. The van der Waals surface area contributed by atoms with E-state index in [1.54, 1.807) is 12.0 Å². The third-order valence-electron chi connectivity index (χ3n) is 5.34. The van der Waals surface area contributed by atoms with E-state index in [9.17, 15) is 9.59 Å². The summed E-state index contributed by atoms with van der Waals surface area (Å²) in [4.78, 5) is 27.2. The molecule has 2 heterocycles. The molecule has 0 atom stereocenters. The summed E-state index contributed by atoms with van der Waals surface area (Å²) in [5.41, 5.74) is 4.44. The van der Waals surface area contributed by atoms with Gasteiger partial charge in [-0.05, 0) is 25.1 Å². The van der Waals surface area contributed by atoms with Crippen LogP contribution in [0.1, 0.15) is 18.1 Å². The summed E-state index contributed by atoms with van der Waals surface area (Å²) < 4.78 is 6.91. The largest absolute Gasteiger partial charge is 0.383 e. The Hall–Kier alpha value is -3.38. The second kappa shape index (κ2) is 8.55. The molecule has 0 saturated carbocycles. The highest BCUT2D eigenvalue weighted by molar-refractivity contribution is 6.36. The van der Waals surface area contributed by atoms with Crippen molar-refractivity contribution in [1.82, 2.24) is 9.88 Å². The molecule has 154 valence electrons. The maximum Gasteiger partial charge on any atom is 0.258 e. The molecule has 0 saturated heterocycles. The fourth-order valence-corrected chi connectivity index (χ4v) is 3.94. The maximum atomic E-state index is 13.0. The minimum absolute atomic E-state index is 0.00726. The molecule has 6 nitrogen and oxygen atoms in total. The third-order valence-corrected chi connectivity index (χ3v) is 5.34. The van der Waals surface area contributed by atoms with Gasteiger partial charge in [0.15, 0.2) is 0 Å². The SMILES string of the molecule is CCN1C(=O)/C(=C/c2cn(CC(=O)NCCOC)c3ccccc23)c2ccccc21. The number of nitrogens with one attached hydrogen (secondary N) is 1. The van der Waals surface area contributed by atoms with E-state index in [1.807, 2.05) is 72.3 Å². The second-order valence-corrected chi connectivity index (χ2v) is 7.20. The van der Waals surface area contributed by atoms with E-state index < -0.39 is 0 Å². The standard InChI is InChI=1S/C24H25N3O3/c1-3-27-22-11-7-5-9-19(22)20(24(27)29)14-17-15-26(16-23(28)25-12-13-30-2)21-10-6-4-8-18(17)21/h4-11,14-15H,3,12-13,16H2,1-2H3,(H,25,28)/b20-14+. The molecular weight excluding hydrogens is 378 g/mol. The first-order valence-corrected chi connectivity index (χ1v) is 10.1. The number of nitrogens with zero attached hydrogens (tertiary/aromatic N) is 2. The van der Waals surface area contributed by atoms with Gasteiger partial charge >= 0.3 is 0 Å². The second-order valence-electron chi connectivity index (χ2n) is 7.20. The summed E-state index contributed by atoms with van der Waals surface area (Å²) >= 11 is 0. The molecule has 1 aliphatic heterocycles. The summed E-state index contributed by atoms with van der Waals surface area (Å²) in [5, 5.41) is 3.86. The van der Waals surface area contributed by atoms with Gasteiger partial charge in [-0.1, -0.05) is 36.4 Å². The highest BCUT2D eigenvalue weighted by Crippen LogP contribution is 2.38. The number of amides is 2. The number of carbonyl (C=O) groups is 2. The Labute approximate surface area is 175 Å². The predicted molar refractivity (Wildman–Crippen MR) is 119 cm³/mol. The van der Waals surface area contributed by atoms with Crippen molar-refractivity contribution < 1.29 is 14.3 Å². The lowest BCUT2D eigenvalue weighted by Gasteiger charge is -2.13. The monoisotopic (exact) mass is 403 g/mol. The van der Waals surface area contributed by atoms with Crippen molar-refractivity contribution in [3.8, 4) is 0 Å². The molecular formula is C24H25N3O3. The highest BCUT2D eigenvalue weighted by Gasteiger charge is 2.31. The van der Waals surface area contributed by atoms with Crippen LogP contribution in [0.3, 0.4) is 0 Å². The van der Waals surface area contributed by atoms with Crippen LogP contribution in [-0.2, 0) is 20.9 Å². The van der Waals surface area contributed by atoms with Crippen LogP contribution in [0.25, 0.3) is 22.6 Å². The van der Waals surface area contributed by atoms with E-state index in [0.29, 0.717) is 25.3 Å². The molecule has 1 aliphatic rings. The number of para-hydroxylation sites is 2. The summed E-state index contributed by atoms with van der Waals surface area (Å²) in [6.07, 6.45) is 3.89. The molecule has 30 heavy (non-hydrogen) atoms. The number of anilines is 1. The van der Waals surface area contributed by atoms with Crippen molar-refractivity contribution >= 4 is 40.1 Å². The number of benzene rings is 2. The fourth-order valence-electron chi connectivity index (χ4n) is 3.94. The van der Waals surface area contributed by atoms with Crippen molar-refractivity contribution in [3.05, 3.63) is 65.9 Å². The smallest absolute Gasteiger partial charge is 0.258 e. The lowest BCUT2D eigenvalue weighted by Crippen LogP contribution is -2.30. The van der Waals surface area contributed by atoms with Gasteiger partial charge in [-0.3, -0.25) is 9.59 Å². The Balaban J connectivity index is 1.72. The van der Waals surface area contributed by atoms with Crippen LogP contribution in [-0.4, -0.2) is 43.2 Å². The number of hydrogen-bond acceptors (Lipinski definition) is 3. The molecule has 0 fully saturated rings. The van der Waals surface area contributed by atoms with Gasteiger partial charge in [-0.25, -0.2) is 0 Å². The molecule has 2 amide bonds. The molecule has 0 spiro atoms. The molecule has 0 unspecified atom stereocenters. The van der Waals surface area contributed by atoms with E-state index in [1.165, 1.54) is 0 Å². The van der Waals surface area contributed by atoms with Gasteiger partial charge < -0.3 is 19.5 Å². The lowest BCUT2D eigenvalue weighted by molar-refractivity contribution is -0.121. The highest BCUT2D eigenvalue weighted by atomic mass is 16.5. The van der Waals surface area contributed by atoms with Gasteiger partial charge in [0.25, 0.3) is 5.91 Å². The predicted octanol–water partition coefficient (Wildman–Crippen LogP) is 3.31. The van der Waals surface area contributed by atoms with E-state index in [0.717, 1.165) is 27.7 Å². The number of fused-ring (bicyclic) bond motifs is 2. The summed E-state index contributed by atoms with van der Waals surface area (Å²) in [5.74, 6) is -0.0701. The Morgan fingerprint density at radius 2 is 1.90 bits per heavy atom. The molecule has 1 N–H and O–H groups in total. The van der Waals surface area contributed by atoms with Gasteiger partial charge in [0.2, 0.25) is 5.91 Å². The summed E-state index contributed by atoms with van der Waals surface area (Å²) in [6.45, 7) is 3.76. The first kappa shape index (κ1) is 19.9. The van der Waals surface area contributed by atoms with Crippen molar-refractivity contribution in [2.75, 3.05) is 31.7 Å². The van der Waals surface area contributed by atoms with Gasteiger partial charge in [-0.2, -0.15) is 0 Å². The number of methoxy groups -OCH3 is 1. The molecule has 6 heteroatoms. The van der Waals surface area contributed by atoms with Crippen LogP contribution in [0, 0.1) is 0 Å². The van der Waals surface area contributed by atoms with Gasteiger partial charge in [0.05, 0.1) is 12.3 Å². The minimum atomic E-state index is -0.0774. The zero-order valence-electron chi connectivity index (χ0n) is 17.2. The molecule has 4 rings (SSSR count). The first-order valence-electron chi connectivity index (χ1n) is 10.1. The minimum Gasteiger partial charge on any atom is -0.383 e. The van der Waals surface area contributed by atoms with E-state index in [4.69, 9.17) is 4.74 Å². The van der Waals surface area contributed by atoms with Gasteiger partial charge in [0.1, 0.15) is 6.54 Å². The molecule has 0 radical (unpaired) electrons. The lowest BCUT2D eigenvalue weighted by atomic mass is 10.0. The maximum absolute atomic E-state index is 13.0. The van der Waals surface area contributed by atoms with Crippen molar-refractivity contribution in [3.63, 3.8) is 0 Å². The first-order chi connectivity index (χ1) is 14.6. The Bertz CT molecular complexity index is 1130. The average molecular weight is 403 g/mol. The Morgan fingerprint density at radius 3 is 2.70 bits per heavy atom. The molecule has 3 aromatic rings. The number of likely N-dealkylation sites (N-methyl/N-ethyl adjacent to an activating group) is 1. The zero-order valence-corrected chi connectivity index (χ0v) is 17.2. The number of hydrogen-bond donors (Lipinski definition) is 1. The van der Waals surface area contributed by atoms with Crippen LogP contribution in [0.2, 0.25) is 0 Å². The Kier molecular flexibility index (Phi) is 5.68. The zero-order chi connectivity index (χ0) is 21.1. The topological polar surface area (TPSA) is 63.6 Å². The Morgan fingerprint density at radius 1 is 1.13 bits per heavy atom. The third kappa shape index (κ3) is 3.62. The van der Waals surface area contributed by atoms with Crippen LogP contribution >= 0.6 is 0 Å². The fraction of sp³-hybridized carbons (Fsp3) is 0.250. The molecule has 1 aromatic heterocycles. The molecule has 2 aromatic carbocycles. The number of rotatable bonds is 7. The van der Waals surface area contributed by atoms with E-state index >= 15 is 0 Å². The van der Waals surface area contributed by atoms with Gasteiger partial charge in [0, 0.05) is 54.0 Å². The van der Waals surface area contributed by atoms with Gasteiger partial charge in [-0.15, -0.1) is 0 Å². The summed E-state index contributed by atoms with van der Waals surface area (Å²) in [6, 6.07) is 15.8. The quantitative estimate of drug-likeness (QED) is 0.486. The van der Waals surface area contributed by atoms with Crippen molar-refractivity contribution in [2.24, 2.45) is 0 Å². The average Bonchev–Trinajstić information content (AvgIpc) is 3.23. The van der Waals surface area contributed by atoms with E-state index in [-0.39, 0.29) is 18.4 Å². The normalized spacial score (nSPS) is 14.5. The van der Waals surface area contributed by atoms with Crippen LogP contribution < -0.4 is 10.2 Å². The molecule has 0 bridgehead atoms. The number of ether oxygens (including phenoxy) is 1. The van der Waals surface area contributed by atoms with Crippen LogP contribution in [0.5, 0.6) is 0 Å².